The van der Waals surface area contributed by atoms with Gasteiger partial charge >= 0.3 is 0 Å². The van der Waals surface area contributed by atoms with Crippen molar-refractivity contribution in [3.8, 4) is 22.9 Å². The largest absolute Gasteiger partial charge is 0.507 e. The molecule has 0 aliphatic rings. The molecule has 0 aliphatic heterocycles. The molecular formula is C18H17N3O2. The minimum absolute atomic E-state index is 0.154. The summed E-state index contributed by atoms with van der Waals surface area (Å²) in [5.41, 5.74) is 2.21. The lowest BCUT2D eigenvalue weighted by Gasteiger charge is -2.12. The van der Waals surface area contributed by atoms with Gasteiger partial charge in [-0.15, -0.1) is 0 Å². The number of hydrogen-bond acceptors (Lipinski definition) is 5. The molecule has 5 nitrogen and oxygen atoms in total. The lowest BCUT2D eigenvalue weighted by atomic mass is 10.2. The molecule has 2 N–H and O–H groups in total. The summed E-state index contributed by atoms with van der Waals surface area (Å²) in [6, 6.07) is 16.5. The zero-order valence-electron chi connectivity index (χ0n) is 12.9. The SMILES string of the molecule is COc1ccccc1Nc1cc(C)nc(-c2ccccc2O)n1. The second-order valence-corrected chi connectivity index (χ2v) is 5.06. The van der Waals surface area contributed by atoms with E-state index in [-0.39, 0.29) is 5.75 Å². The molecule has 1 aromatic heterocycles. The third kappa shape index (κ3) is 3.23. The number of anilines is 2. The molecule has 0 aliphatic carbocycles. The van der Waals surface area contributed by atoms with Gasteiger partial charge in [-0.3, -0.25) is 0 Å². The molecule has 0 spiro atoms. The standard InChI is InChI=1S/C18H17N3O2/c1-12-11-17(20-14-8-4-6-10-16(14)23-2)21-18(19-12)13-7-3-5-9-15(13)22/h3-11,22H,1-2H3,(H,19,20,21). The minimum Gasteiger partial charge on any atom is -0.507 e. The number of aryl methyl sites for hydroxylation is 1. The number of nitrogens with zero attached hydrogens (tertiary/aromatic N) is 2. The monoisotopic (exact) mass is 307 g/mol. The van der Waals surface area contributed by atoms with E-state index in [9.17, 15) is 5.11 Å². The number of methoxy groups -OCH3 is 1. The van der Waals surface area contributed by atoms with E-state index in [1.54, 1.807) is 25.3 Å². The lowest BCUT2D eigenvalue weighted by Crippen LogP contribution is -2.00. The van der Waals surface area contributed by atoms with Crippen molar-refractivity contribution in [2.24, 2.45) is 0 Å². The van der Waals surface area contributed by atoms with E-state index in [1.807, 2.05) is 43.3 Å². The van der Waals surface area contributed by atoms with E-state index < -0.39 is 0 Å². The number of hydrogen-bond donors (Lipinski definition) is 2. The molecular weight excluding hydrogens is 290 g/mol. The average Bonchev–Trinajstić information content (AvgIpc) is 2.55. The molecule has 0 atom stereocenters. The van der Waals surface area contributed by atoms with E-state index >= 15 is 0 Å². The third-order valence-corrected chi connectivity index (χ3v) is 3.37. The maximum atomic E-state index is 10.00. The number of ether oxygens (including phenoxy) is 1. The molecule has 0 saturated carbocycles. The van der Waals surface area contributed by atoms with Crippen LogP contribution in [0.15, 0.2) is 54.6 Å². The predicted octanol–water partition coefficient (Wildman–Crippen LogP) is 3.91. The van der Waals surface area contributed by atoms with Gasteiger partial charge in [-0.2, -0.15) is 0 Å². The van der Waals surface area contributed by atoms with Gasteiger partial charge in [0.15, 0.2) is 5.82 Å². The van der Waals surface area contributed by atoms with Crippen LogP contribution in [-0.4, -0.2) is 22.2 Å². The van der Waals surface area contributed by atoms with Crippen LogP contribution in [0.3, 0.4) is 0 Å². The summed E-state index contributed by atoms with van der Waals surface area (Å²) in [4.78, 5) is 8.90. The molecule has 0 unspecified atom stereocenters. The fraction of sp³-hybridized carbons (Fsp3) is 0.111. The Kier molecular flexibility index (Phi) is 4.10. The van der Waals surface area contributed by atoms with Crippen molar-refractivity contribution in [1.29, 1.82) is 0 Å². The number of rotatable bonds is 4. The van der Waals surface area contributed by atoms with Crippen molar-refractivity contribution in [3.05, 3.63) is 60.3 Å². The molecule has 0 fully saturated rings. The van der Waals surface area contributed by atoms with Gasteiger partial charge in [0.05, 0.1) is 18.4 Å². The molecule has 0 amide bonds. The maximum absolute atomic E-state index is 10.00. The van der Waals surface area contributed by atoms with E-state index in [4.69, 9.17) is 4.74 Å². The molecule has 0 saturated heterocycles. The minimum atomic E-state index is 0.154. The Morgan fingerprint density at radius 2 is 1.74 bits per heavy atom. The van der Waals surface area contributed by atoms with Crippen molar-refractivity contribution < 1.29 is 9.84 Å². The molecule has 5 heteroatoms. The van der Waals surface area contributed by atoms with Crippen LogP contribution in [0.4, 0.5) is 11.5 Å². The maximum Gasteiger partial charge on any atom is 0.165 e. The molecule has 116 valence electrons. The van der Waals surface area contributed by atoms with E-state index in [1.165, 1.54) is 0 Å². The first-order valence-corrected chi connectivity index (χ1v) is 7.21. The zero-order valence-corrected chi connectivity index (χ0v) is 12.9. The van der Waals surface area contributed by atoms with Gasteiger partial charge in [-0.05, 0) is 31.2 Å². The number of phenolic OH excluding ortho intramolecular Hbond substituents is 1. The molecule has 2 aromatic carbocycles. The quantitative estimate of drug-likeness (QED) is 0.765. The molecule has 3 aromatic rings. The van der Waals surface area contributed by atoms with Crippen molar-refractivity contribution in [2.45, 2.75) is 6.92 Å². The first-order chi connectivity index (χ1) is 11.2. The van der Waals surface area contributed by atoms with Gasteiger partial charge in [0.2, 0.25) is 0 Å². The summed E-state index contributed by atoms with van der Waals surface area (Å²) in [5.74, 6) is 2.00. The van der Waals surface area contributed by atoms with Crippen LogP contribution in [0.1, 0.15) is 5.69 Å². The second kappa shape index (κ2) is 6.36. The summed E-state index contributed by atoms with van der Waals surface area (Å²) in [6.45, 7) is 1.89. The summed E-state index contributed by atoms with van der Waals surface area (Å²) in [7, 11) is 1.62. The number of aromatic hydroxyl groups is 1. The highest BCUT2D eigenvalue weighted by atomic mass is 16.5. The molecule has 1 heterocycles. The van der Waals surface area contributed by atoms with Gasteiger partial charge < -0.3 is 15.2 Å². The topological polar surface area (TPSA) is 67.3 Å². The van der Waals surface area contributed by atoms with Crippen LogP contribution in [-0.2, 0) is 0 Å². The number of nitrogens with one attached hydrogen (secondary N) is 1. The van der Waals surface area contributed by atoms with Crippen molar-refractivity contribution in [2.75, 3.05) is 12.4 Å². The fourth-order valence-corrected chi connectivity index (χ4v) is 2.30. The molecule has 0 bridgehead atoms. The summed E-state index contributed by atoms with van der Waals surface area (Å²) in [6.07, 6.45) is 0. The lowest BCUT2D eigenvalue weighted by molar-refractivity contribution is 0.417. The van der Waals surface area contributed by atoms with E-state index in [2.05, 4.69) is 15.3 Å². The highest BCUT2D eigenvalue weighted by Crippen LogP contribution is 2.29. The Morgan fingerprint density at radius 3 is 2.52 bits per heavy atom. The first kappa shape index (κ1) is 14.8. The highest BCUT2D eigenvalue weighted by molar-refractivity contribution is 5.68. The van der Waals surface area contributed by atoms with E-state index in [0.29, 0.717) is 17.2 Å². The van der Waals surface area contributed by atoms with Gasteiger partial charge in [0.1, 0.15) is 17.3 Å². The van der Waals surface area contributed by atoms with Crippen molar-refractivity contribution >= 4 is 11.5 Å². The fourth-order valence-electron chi connectivity index (χ4n) is 2.30. The van der Waals surface area contributed by atoms with Crippen LogP contribution in [0, 0.1) is 6.92 Å². The summed E-state index contributed by atoms with van der Waals surface area (Å²) in [5, 5.41) is 13.2. The number of benzene rings is 2. The Morgan fingerprint density at radius 1 is 1.00 bits per heavy atom. The average molecular weight is 307 g/mol. The van der Waals surface area contributed by atoms with Crippen LogP contribution in [0.25, 0.3) is 11.4 Å². The smallest absolute Gasteiger partial charge is 0.165 e. The summed E-state index contributed by atoms with van der Waals surface area (Å²) < 4.78 is 5.34. The number of para-hydroxylation sites is 3. The van der Waals surface area contributed by atoms with Gasteiger partial charge in [0.25, 0.3) is 0 Å². The second-order valence-electron chi connectivity index (χ2n) is 5.06. The molecule has 23 heavy (non-hydrogen) atoms. The predicted molar refractivity (Wildman–Crippen MR) is 90.1 cm³/mol. The van der Waals surface area contributed by atoms with Gasteiger partial charge in [0, 0.05) is 11.8 Å². The number of aromatic nitrogens is 2. The Balaban J connectivity index is 2.00. The number of phenols is 1. The van der Waals surface area contributed by atoms with Gasteiger partial charge in [-0.1, -0.05) is 24.3 Å². The highest BCUT2D eigenvalue weighted by Gasteiger charge is 2.10. The van der Waals surface area contributed by atoms with Crippen LogP contribution < -0.4 is 10.1 Å². The van der Waals surface area contributed by atoms with Crippen LogP contribution >= 0.6 is 0 Å². The third-order valence-electron chi connectivity index (χ3n) is 3.37. The van der Waals surface area contributed by atoms with Crippen LogP contribution in [0.2, 0.25) is 0 Å². The molecule has 0 radical (unpaired) electrons. The normalized spacial score (nSPS) is 10.3. The Labute approximate surface area is 134 Å². The summed E-state index contributed by atoms with van der Waals surface area (Å²) >= 11 is 0. The van der Waals surface area contributed by atoms with E-state index in [0.717, 1.165) is 17.1 Å². The van der Waals surface area contributed by atoms with Gasteiger partial charge in [-0.25, -0.2) is 9.97 Å². The van der Waals surface area contributed by atoms with Crippen LogP contribution in [0.5, 0.6) is 11.5 Å². The zero-order chi connectivity index (χ0) is 16.2. The van der Waals surface area contributed by atoms with Crippen molar-refractivity contribution in [1.82, 2.24) is 9.97 Å². The molecule has 3 rings (SSSR count). The Bertz CT molecular complexity index is 834. The Hall–Kier alpha value is -3.08. The first-order valence-electron chi connectivity index (χ1n) is 7.21. The van der Waals surface area contributed by atoms with Crippen molar-refractivity contribution in [3.63, 3.8) is 0 Å².